The minimum atomic E-state index is -0.328. The predicted octanol–water partition coefficient (Wildman–Crippen LogP) is 1.89. The van der Waals surface area contributed by atoms with Crippen LogP contribution >= 0.6 is 0 Å². The van der Waals surface area contributed by atoms with E-state index in [1.54, 1.807) is 35.5 Å². The maximum absolute atomic E-state index is 12.5. The number of rotatable bonds is 6. The Labute approximate surface area is 156 Å². The molecule has 1 N–H and O–H groups in total. The summed E-state index contributed by atoms with van der Waals surface area (Å²) in [6.07, 6.45) is 0.844. The molecule has 0 bridgehead atoms. The van der Waals surface area contributed by atoms with Gasteiger partial charge in [-0.1, -0.05) is 6.92 Å². The van der Waals surface area contributed by atoms with Crippen LogP contribution in [0.15, 0.2) is 23.0 Å². The van der Waals surface area contributed by atoms with Crippen LogP contribution in [0.3, 0.4) is 0 Å². The van der Waals surface area contributed by atoms with Crippen molar-refractivity contribution in [1.29, 1.82) is 0 Å². The molecule has 1 atom stereocenters. The van der Waals surface area contributed by atoms with E-state index in [0.717, 1.165) is 11.9 Å². The lowest BCUT2D eigenvalue weighted by atomic mass is 10.2. The van der Waals surface area contributed by atoms with Crippen molar-refractivity contribution in [2.75, 3.05) is 14.2 Å². The number of nitrogens with one attached hydrogen (secondary N) is 1. The number of methoxy groups -OCH3 is 2. The molecule has 8 heteroatoms. The number of hydrogen-bond donors (Lipinski definition) is 1. The molecule has 0 saturated carbocycles. The standard InChI is InChI=1S/C19H24N4O4/c1-6-11(2)20-18(25)10-22-14-9-16(27-5)15(26-4)8-13(14)19-21-17(24)7-12(3)23(19)22/h7-9,11H,6,10H2,1-5H3,(H,20,25)/t11-/m1/s1. The van der Waals surface area contributed by atoms with Gasteiger partial charge in [0, 0.05) is 29.3 Å². The summed E-state index contributed by atoms with van der Waals surface area (Å²) in [5.41, 5.74) is 1.57. The molecular formula is C19H24N4O4. The van der Waals surface area contributed by atoms with Crippen molar-refractivity contribution in [1.82, 2.24) is 19.5 Å². The van der Waals surface area contributed by atoms with Crippen LogP contribution in [-0.4, -0.2) is 40.3 Å². The summed E-state index contributed by atoms with van der Waals surface area (Å²) < 4.78 is 14.4. The Morgan fingerprint density at radius 3 is 2.52 bits per heavy atom. The van der Waals surface area contributed by atoms with Crippen molar-refractivity contribution in [3.8, 4) is 11.5 Å². The fraction of sp³-hybridized carbons (Fsp3) is 0.421. The summed E-state index contributed by atoms with van der Waals surface area (Å²) in [5, 5.41) is 3.68. The Hall–Kier alpha value is -3.03. The molecule has 0 aliphatic heterocycles. The van der Waals surface area contributed by atoms with Gasteiger partial charge >= 0.3 is 0 Å². The normalized spacial score (nSPS) is 12.3. The van der Waals surface area contributed by atoms with Crippen LogP contribution in [0.25, 0.3) is 16.6 Å². The highest BCUT2D eigenvalue weighted by Crippen LogP contribution is 2.34. The number of carbonyl (C=O) groups is 1. The molecule has 27 heavy (non-hydrogen) atoms. The first-order chi connectivity index (χ1) is 12.9. The third kappa shape index (κ3) is 3.34. The molecule has 0 unspecified atom stereocenters. The Balaban J connectivity index is 2.28. The van der Waals surface area contributed by atoms with Crippen molar-refractivity contribution in [2.45, 2.75) is 39.8 Å². The second kappa shape index (κ2) is 7.30. The average molecular weight is 372 g/mol. The highest BCUT2D eigenvalue weighted by Gasteiger charge is 2.19. The van der Waals surface area contributed by atoms with Crippen LogP contribution in [0.5, 0.6) is 11.5 Å². The minimum Gasteiger partial charge on any atom is -0.493 e. The molecule has 0 spiro atoms. The molecule has 2 aromatic heterocycles. The van der Waals surface area contributed by atoms with Gasteiger partial charge in [-0.15, -0.1) is 0 Å². The summed E-state index contributed by atoms with van der Waals surface area (Å²) in [4.78, 5) is 28.7. The summed E-state index contributed by atoms with van der Waals surface area (Å²) in [5.74, 6) is 0.956. The summed E-state index contributed by atoms with van der Waals surface area (Å²) >= 11 is 0. The van der Waals surface area contributed by atoms with E-state index < -0.39 is 0 Å². The Morgan fingerprint density at radius 2 is 1.89 bits per heavy atom. The van der Waals surface area contributed by atoms with E-state index in [-0.39, 0.29) is 24.1 Å². The van der Waals surface area contributed by atoms with E-state index in [0.29, 0.717) is 28.2 Å². The van der Waals surface area contributed by atoms with Crippen molar-refractivity contribution in [3.05, 3.63) is 34.2 Å². The molecule has 1 amide bonds. The number of carbonyl (C=O) groups excluding carboxylic acids is 1. The van der Waals surface area contributed by atoms with Crippen LogP contribution in [-0.2, 0) is 11.3 Å². The van der Waals surface area contributed by atoms with Gasteiger partial charge in [0.1, 0.15) is 6.54 Å². The molecule has 3 aromatic rings. The lowest BCUT2D eigenvalue weighted by Crippen LogP contribution is -2.35. The molecule has 0 aliphatic rings. The van der Waals surface area contributed by atoms with E-state index in [4.69, 9.17) is 9.47 Å². The van der Waals surface area contributed by atoms with Gasteiger partial charge in [-0.2, -0.15) is 4.98 Å². The molecule has 1 aromatic carbocycles. The predicted molar refractivity (Wildman–Crippen MR) is 103 cm³/mol. The van der Waals surface area contributed by atoms with Gasteiger partial charge in [-0.3, -0.25) is 14.3 Å². The zero-order valence-electron chi connectivity index (χ0n) is 16.2. The van der Waals surface area contributed by atoms with Crippen molar-refractivity contribution < 1.29 is 14.3 Å². The fourth-order valence-electron chi connectivity index (χ4n) is 3.15. The summed E-state index contributed by atoms with van der Waals surface area (Å²) in [7, 11) is 3.10. The Bertz CT molecular complexity index is 1070. The molecule has 0 saturated heterocycles. The fourth-order valence-corrected chi connectivity index (χ4v) is 3.15. The number of amides is 1. The number of fused-ring (bicyclic) bond motifs is 3. The first kappa shape index (κ1) is 18.8. The summed E-state index contributed by atoms with van der Waals surface area (Å²) in [6.45, 7) is 5.88. The van der Waals surface area contributed by atoms with E-state index in [9.17, 15) is 9.59 Å². The lowest BCUT2D eigenvalue weighted by Gasteiger charge is -2.14. The second-order valence-corrected chi connectivity index (χ2v) is 6.53. The lowest BCUT2D eigenvalue weighted by molar-refractivity contribution is -0.122. The number of nitrogens with zero attached hydrogens (tertiary/aromatic N) is 3. The molecule has 8 nitrogen and oxygen atoms in total. The SMILES string of the molecule is CC[C@@H](C)NC(=O)Cn1c2cc(OC)c(OC)cc2c2nc(=O)cc(C)n21. The maximum Gasteiger partial charge on any atom is 0.273 e. The monoisotopic (exact) mass is 372 g/mol. The third-order valence-electron chi connectivity index (χ3n) is 4.66. The van der Waals surface area contributed by atoms with Crippen molar-refractivity contribution in [2.24, 2.45) is 0 Å². The number of aryl methyl sites for hydroxylation is 1. The van der Waals surface area contributed by atoms with Crippen LogP contribution in [0.1, 0.15) is 26.0 Å². The van der Waals surface area contributed by atoms with Gasteiger partial charge in [0.05, 0.1) is 19.7 Å². The number of benzene rings is 1. The second-order valence-electron chi connectivity index (χ2n) is 6.53. The van der Waals surface area contributed by atoms with Gasteiger partial charge in [0.2, 0.25) is 5.91 Å². The first-order valence-corrected chi connectivity index (χ1v) is 8.83. The minimum absolute atomic E-state index is 0.0812. The van der Waals surface area contributed by atoms with Crippen LogP contribution in [0.4, 0.5) is 0 Å². The zero-order chi connectivity index (χ0) is 19.7. The molecule has 144 valence electrons. The summed E-state index contributed by atoms with van der Waals surface area (Å²) in [6, 6.07) is 5.10. The van der Waals surface area contributed by atoms with Gasteiger partial charge in [0.15, 0.2) is 17.1 Å². The van der Waals surface area contributed by atoms with E-state index >= 15 is 0 Å². The first-order valence-electron chi connectivity index (χ1n) is 8.83. The topological polar surface area (TPSA) is 86.9 Å². The average Bonchev–Trinajstić information content (AvgIpc) is 2.93. The highest BCUT2D eigenvalue weighted by molar-refractivity contribution is 5.96. The van der Waals surface area contributed by atoms with Crippen molar-refractivity contribution >= 4 is 22.5 Å². The van der Waals surface area contributed by atoms with Crippen LogP contribution in [0, 0.1) is 6.92 Å². The molecule has 0 aliphatic carbocycles. The quantitative estimate of drug-likeness (QED) is 0.714. The van der Waals surface area contributed by atoms with Crippen LogP contribution < -0.4 is 20.3 Å². The maximum atomic E-state index is 12.5. The number of aromatic nitrogens is 3. The van der Waals surface area contributed by atoms with E-state index in [1.165, 1.54) is 6.07 Å². The van der Waals surface area contributed by atoms with Crippen LogP contribution in [0.2, 0.25) is 0 Å². The van der Waals surface area contributed by atoms with Gasteiger partial charge in [-0.25, -0.2) is 4.52 Å². The molecule has 0 fully saturated rings. The molecule has 3 rings (SSSR count). The number of ether oxygens (including phenoxy) is 2. The molecular weight excluding hydrogens is 348 g/mol. The largest absolute Gasteiger partial charge is 0.493 e. The Morgan fingerprint density at radius 1 is 1.22 bits per heavy atom. The molecule has 2 heterocycles. The van der Waals surface area contributed by atoms with Crippen molar-refractivity contribution in [3.63, 3.8) is 0 Å². The van der Waals surface area contributed by atoms with Gasteiger partial charge < -0.3 is 14.8 Å². The van der Waals surface area contributed by atoms with Gasteiger partial charge in [-0.05, 0) is 26.3 Å². The highest BCUT2D eigenvalue weighted by atomic mass is 16.5. The zero-order valence-corrected chi connectivity index (χ0v) is 16.2. The van der Waals surface area contributed by atoms with E-state index in [2.05, 4.69) is 10.3 Å². The van der Waals surface area contributed by atoms with E-state index in [1.807, 2.05) is 20.8 Å². The number of hydrogen-bond acceptors (Lipinski definition) is 5. The smallest absolute Gasteiger partial charge is 0.273 e. The Kier molecular flexibility index (Phi) is 5.07. The van der Waals surface area contributed by atoms with Gasteiger partial charge in [0.25, 0.3) is 5.56 Å². The third-order valence-corrected chi connectivity index (χ3v) is 4.66. The molecule has 0 radical (unpaired) electrons.